The normalized spacial score (nSPS) is 14.4. The van der Waals surface area contributed by atoms with E-state index >= 15 is 4.39 Å². The quantitative estimate of drug-likeness (QED) is 0.219. The molecule has 0 saturated heterocycles. The molecule has 4 N–H and O–H groups in total. The predicted molar refractivity (Wildman–Crippen MR) is 153 cm³/mol. The lowest BCUT2D eigenvalue weighted by Gasteiger charge is -2.25. The summed E-state index contributed by atoms with van der Waals surface area (Å²) in [7, 11) is 1.38. The van der Waals surface area contributed by atoms with Crippen LogP contribution in [-0.2, 0) is 5.60 Å². The van der Waals surface area contributed by atoms with E-state index in [4.69, 9.17) is 27.1 Å². The van der Waals surface area contributed by atoms with Gasteiger partial charge in [-0.1, -0.05) is 11.6 Å². The van der Waals surface area contributed by atoms with Gasteiger partial charge in [0.1, 0.15) is 17.1 Å². The van der Waals surface area contributed by atoms with Crippen molar-refractivity contribution in [3.63, 3.8) is 0 Å². The predicted octanol–water partition coefficient (Wildman–Crippen LogP) is 6.02. The van der Waals surface area contributed by atoms with Crippen LogP contribution in [0.4, 0.5) is 8.78 Å². The number of nitrogens with two attached hydrogens (primary N) is 1. The molecule has 7 nitrogen and oxygen atoms in total. The minimum absolute atomic E-state index is 0.0254. The molecule has 4 aromatic rings. The SMILES string of the molecule is COc1cc(C(N)=O)c(-c2cc(C(C)(C)O)c(Cl)c(-c3ccc(F)cc3)n2)c2c(C(CO)C3CC3)c(C)c(F)nc12. The van der Waals surface area contributed by atoms with Gasteiger partial charge in [0, 0.05) is 33.6 Å². The van der Waals surface area contributed by atoms with Crippen molar-refractivity contribution in [3.8, 4) is 28.3 Å². The Morgan fingerprint density at radius 1 is 1.20 bits per heavy atom. The molecule has 5 rings (SSSR count). The molecule has 1 unspecified atom stereocenters. The number of halogens is 3. The van der Waals surface area contributed by atoms with Crippen LogP contribution in [0.5, 0.6) is 5.75 Å². The van der Waals surface area contributed by atoms with Gasteiger partial charge in [-0.3, -0.25) is 4.79 Å². The van der Waals surface area contributed by atoms with Crippen LogP contribution in [0.3, 0.4) is 0 Å². The highest BCUT2D eigenvalue weighted by Gasteiger charge is 2.37. The minimum Gasteiger partial charge on any atom is -0.494 e. The summed E-state index contributed by atoms with van der Waals surface area (Å²) in [6.07, 6.45) is 1.71. The summed E-state index contributed by atoms with van der Waals surface area (Å²) in [5.74, 6) is -2.19. The Bertz CT molecular complexity index is 1680. The van der Waals surface area contributed by atoms with E-state index in [1.54, 1.807) is 26.8 Å². The summed E-state index contributed by atoms with van der Waals surface area (Å²) in [4.78, 5) is 22.0. The van der Waals surface area contributed by atoms with Gasteiger partial charge in [-0.05, 0) is 81.5 Å². The number of nitrogens with zero attached hydrogens (tertiary/aromatic N) is 2. The number of carbonyl (C=O) groups is 1. The zero-order valence-corrected chi connectivity index (χ0v) is 23.8. The number of aliphatic hydroxyl groups excluding tert-OH is 1. The number of aromatic nitrogens is 2. The van der Waals surface area contributed by atoms with Gasteiger partial charge >= 0.3 is 0 Å². The van der Waals surface area contributed by atoms with Gasteiger partial charge < -0.3 is 20.7 Å². The van der Waals surface area contributed by atoms with Gasteiger partial charge in [0.2, 0.25) is 11.9 Å². The standard InChI is InChI=1S/C31H30ClF2N3O4/c1-14-23(19(13-38)15-5-6-15)25-24(18(30(35)39)11-22(41-4)28(25)37-29(14)34)21-12-20(31(2,3)40)26(32)27(36-21)16-7-9-17(33)10-8-16/h7-12,15,19,38,40H,5-6,13H2,1-4H3,(H2,35,39). The Kier molecular flexibility index (Phi) is 7.48. The molecule has 10 heteroatoms. The van der Waals surface area contributed by atoms with Crippen LogP contribution in [0.15, 0.2) is 36.4 Å². The Hall–Kier alpha value is -3.66. The number of hydrogen-bond donors (Lipinski definition) is 3. The lowest BCUT2D eigenvalue weighted by Crippen LogP contribution is -2.19. The first-order valence-electron chi connectivity index (χ1n) is 13.2. The van der Waals surface area contributed by atoms with E-state index < -0.39 is 29.2 Å². The van der Waals surface area contributed by atoms with E-state index in [0.717, 1.165) is 12.8 Å². The lowest BCUT2D eigenvalue weighted by molar-refractivity contribution is 0.0787. The first kappa shape index (κ1) is 28.9. The monoisotopic (exact) mass is 581 g/mol. The molecule has 0 radical (unpaired) electrons. The molecule has 0 bridgehead atoms. The van der Waals surface area contributed by atoms with Crippen molar-refractivity contribution in [2.24, 2.45) is 11.7 Å². The molecule has 1 amide bonds. The zero-order valence-electron chi connectivity index (χ0n) is 23.1. The van der Waals surface area contributed by atoms with Crippen LogP contribution in [0, 0.1) is 24.6 Å². The van der Waals surface area contributed by atoms with Crippen molar-refractivity contribution in [1.82, 2.24) is 9.97 Å². The van der Waals surface area contributed by atoms with Gasteiger partial charge in [-0.2, -0.15) is 4.39 Å². The lowest BCUT2D eigenvalue weighted by atomic mass is 9.84. The van der Waals surface area contributed by atoms with E-state index in [0.29, 0.717) is 16.5 Å². The maximum atomic E-state index is 15.4. The van der Waals surface area contributed by atoms with Gasteiger partial charge in [0.05, 0.1) is 41.3 Å². The molecule has 1 atom stereocenters. The number of aliphatic hydroxyl groups is 2. The number of amides is 1. The molecule has 41 heavy (non-hydrogen) atoms. The van der Waals surface area contributed by atoms with Crippen LogP contribution >= 0.6 is 11.6 Å². The number of benzene rings is 2. The number of primary amides is 1. The van der Waals surface area contributed by atoms with E-state index in [2.05, 4.69) is 4.98 Å². The fourth-order valence-electron chi connectivity index (χ4n) is 5.46. The number of methoxy groups -OCH3 is 1. The maximum absolute atomic E-state index is 15.4. The average molecular weight is 582 g/mol. The highest BCUT2D eigenvalue weighted by atomic mass is 35.5. The van der Waals surface area contributed by atoms with Gasteiger partial charge in [0.15, 0.2) is 0 Å². The Morgan fingerprint density at radius 3 is 2.39 bits per heavy atom. The number of ether oxygens (including phenoxy) is 1. The Morgan fingerprint density at radius 2 is 1.85 bits per heavy atom. The van der Waals surface area contributed by atoms with Crippen LogP contribution in [0.1, 0.15) is 59.7 Å². The topological polar surface area (TPSA) is 119 Å². The highest BCUT2D eigenvalue weighted by Crippen LogP contribution is 2.49. The van der Waals surface area contributed by atoms with Crippen molar-refractivity contribution in [2.75, 3.05) is 13.7 Å². The Balaban J connectivity index is 1.99. The first-order valence-corrected chi connectivity index (χ1v) is 13.6. The molecule has 2 heterocycles. The average Bonchev–Trinajstić information content (AvgIpc) is 3.76. The smallest absolute Gasteiger partial charge is 0.249 e. The third-order valence-electron chi connectivity index (χ3n) is 7.69. The van der Waals surface area contributed by atoms with Gasteiger partial charge in [-0.15, -0.1) is 0 Å². The summed E-state index contributed by atoms with van der Waals surface area (Å²) >= 11 is 6.77. The molecule has 214 valence electrons. The number of carbonyl (C=O) groups excluding carboxylic acids is 1. The van der Waals surface area contributed by atoms with Gasteiger partial charge in [-0.25, -0.2) is 14.4 Å². The zero-order chi connectivity index (χ0) is 29.8. The van der Waals surface area contributed by atoms with Crippen LogP contribution in [0.25, 0.3) is 33.4 Å². The fourth-order valence-corrected chi connectivity index (χ4v) is 5.89. The first-order chi connectivity index (χ1) is 19.4. The van der Waals surface area contributed by atoms with E-state index in [-0.39, 0.29) is 62.5 Å². The molecule has 1 fully saturated rings. The van der Waals surface area contributed by atoms with E-state index in [9.17, 15) is 19.4 Å². The molecule has 1 saturated carbocycles. The van der Waals surface area contributed by atoms with Crippen molar-refractivity contribution in [3.05, 3.63) is 75.4 Å². The van der Waals surface area contributed by atoms with Crippen molar-refractivity contribution >= 4 is 28.4 Å². The summed E-state index contributed by atoms with van der Waals surface area (Å²) in [6.45, 7) is 4.43. The number of rotatable bonds is 8. The summed E-state index contributed by atoms with van der Waals surface area (Å²) in [5, 5.41) is 22.1. The summed E-state index contributed by atoms with van der Waals surface area (Å²) in [6, 6.07) is 8.47. The second-order valence-corrected chi connectivity index (χ2v) is 11.3. The molecule has 0 aliphatic heterocycles. The summed E-state index contributed by atoms with van der Waals surface area (Å²) in [5.41, 5.74) is 6.75. The molecule has 2 aromatic heterocycles. The molecule has 0 spiro atoms. The second-order valence-electron chi connectivity index (χ2n) is 10.9. The molecule has 1 aliphatic carbocycles. The molecule has 1 aliphatic rings. The number of hydrogen-bond acceptors (Lipinski definition) is 6. The third kappa shape index (κ3) is 5.14. The molecular formula is C31H30ClF2N3O4. The number of fused-ring (bicyclic) bond motifs is 1. The number of pyridine rings is 2. The van der Waals surface area contributed by atoms with Crippen LogP contribution < -0.4 is 10.5 Å². The summed E-state index contributed by atoms with van der Waals surface area (Å²) < 4.78 is 34.7. The van der Waals surface area contributed by atoms with Crippen molar-refractivity contribution in [1.29, 1.82) is 0 Å². The fraction of sp³-hybridized carbons (Fsp3) is 0.323. The Labute approximate surface area is 241 Å². The van der Waals surface area contributed by atoms with Crippen molar-refractivity contribution < 1.29 is 28.5 Å². The van der Waals surface area contributed by atoms with E-state index in [1.807, 2.05) is 0 Å². The third-order valence-corrected chi connectivity index (χ3v) is 8.07. The van der Waals surface area contributed by atoms with Crippen LogP contribution in [-0.4, -0.2) is 39.8 Å². The van der Waals surface area contributed by atoms with Crippen molar-refractivity contribution in [2.45, 2.75) is 45.1 Å². The van der Waals surface area contributed by atoms with Crippen LogP contribution in [0.2, 0.25) is 5.02 Å². The molecule has 2 aromatic carbocycles. The van der Waals surface area contributed by atoms with E-state index in [1.165, 1.54) is 37.4 Å². The molecular weight excluding hydrogens is 552 g/mol. The second kappa shape index (κ2) is 10.6. The minimum atomic E-state index is -1.45. The maximum Gasteiger partial charge on any atom is 0.249 e. The highest BCUT2D eigenvalue weighted by molar-refractivity contribution is 6.34. The van der Waals surface area contributed by atoms with Gasteiger partial charge in [0.25, 0.3) is 0 Å². The largest absolute Gasteiger partial charge is 0.494 e.